The Morgan fingerprint density at radius 3 is 2.58 bits per heavy atom. The highest BCUT2D eigenvalue weighted by Crippen LogP contribution is 2.20. The van der Waals surface area contributed by atoms with E-state index in [0.29, 0.717) is 13.0 Å². The van der Waals surface area contributed by atoms with Gasteiger partial charge in [-0.05, 0) is 30.7 Å². The van der Waals surface area contributed by atoms with Crippen LogP contribution in [0.25, 0.3) is 11.0 Å². The maximum absolute atomic E-state index is 12.2. The molecule has 0 saturated carbocycles. The molecule has 3 aromatic rings. The number of hydrogen-bond donors (Lipinski definition) is 2. The Morgan fingerprint density at radius 1 is 1.08 bits per heavy atom. The number of halogens is 1. The van der Waals surface area contributed by atoms with E-state index < -0.39 is 10.0 Å². The van der Waals surface area contributed by atoms with Gasteiger partial charge in [-0.1, -0.05) is 35.9 Å². The van der Waals surface area contributed by atoms with Crippen molar-refractivity contribution in [3.05, 3.63) is 64.0 Å². The fraction of sp³-hybridized carbons (Fsp3) is 0.188. The third-order valence-electron chi connectivity index (χ3n) is 3.66. The predicted molar refractivity (Wildman–Crippen MR) is 93.8 cm³/mol. The number of aromatic amines is 1. The lowest BCUT2D eigenvalue weighted by molar-refractivity contribution is 0.570. The van der Waals surface area contributed by atoms with Gasteiger partial charge < -0.3 is 4.98 Å². The Balaban J connectivity index is 1.66. The molecule has 0 aliphatic carbocycles. The minimum atomic E-state index is -3.66. The summed E-state index contributed by atoms with van der Waals surface area (Å²) in [6.07, 6.45) is 0.478. The molecule has 126 valence electrons. The van der Waals surface area contributed by atoms with Crippen molar-refractivity contribution in [2.24, 2.45) is 0 Å². The molecule has 6 nitrogen and oxygen atoms in total. The number of nitrogens with zero attached hydrogens (tertiary/aromatic N) is 1. The second-order valence-electron chi connectivity index (χ2n) is 5.28. The number of para-hydroxylation sites is 2. The summed E-state index contributed by atoms with van der Waals surface area (Å²) in [5.74, 6) is 0. The Kier molecular flexibility index (Phi) is 4.75. The van der Waals surface area contributed by atoms with Crippen molar-refractivity contribution in [2.75, 3.05) is 6.54 Å². The number of hydrogen-bond acceptors (Lipinski definition) is 3. The topological polar surface area (TPSA) is 84.0 Å². The van der Waals surface area contributed by atoms with Crippen LogP contribution in [0.15, 0.2) is 58.2 Å². The zero-order chi connectivity index (χ0) is 17.2. The van der Waals surface area contributed by atoms with Gasteiger partial charge in [0.05, 0.1) is 16.1 Å². The summed E-state index contributed by atoms with van der Waals surface area (Å²) >= 11 is 5.92. The zero-order valence-corrected chi connectivity index (χ0v) is 14.3. The van der Waals surface area contributed by atoms with Gasteiger partial charge in [0.15, 0.2) is 0 Å². The molecule has 2 N–H and O–H groups in total. The molecular weight excluding hydrogens is 350 g/mol. The molecule has 0 atom stereocenters. The first-order valence-electron chi connectivity index (χ1n) is 7.41. The lowest BCUT2D eigenvalue weighted by Crippen LogP contribution is -2.27. The largest absolute Gasteiger partial charge is 0.326 e. The molecule has 0 fully saturated rings. The van der Waals surface area contributed by atoms with Crippen molar-refractivity contribution in [1.29, 1.82) is 0 Å². The van der Waals surface area contributed by atoms with Crippen LogP contribution in [0, 0.1) is 0 Å². The maximum Gasteiger partial charge on any atom is 0.326 e. The number of H-pyrrole nitrogens is 1. The highest BCUT2D eigenvalue weighted by atomic mass is 35.5. The molecular formula is C16H16ClN3O3S. The Morgan fingerprint density at radius 2 is 1.79 bits per heavy atom. The molecule has 0 bridgehead atoms. The van der Waals surface area contributed by atoms with Crippen molar-refractivity contribution < 1.29 is 8.42 Å². The van der Waals surface area contributed by atoms with E-state index in [-0.39, 0.29) is 22.2 Å². The second kappa shape index (κ2) is 6.80. The Bertz CT molecular complexity index is 1020. The molecule has 0 saturated heterocycles. The fourth-order valence-electron chi connectivity index (χ4n) is 2.51. The van der Waals surface area contributed by atoms with E-state index in [1.54, 1.807) is 16.7 Å². The number of benzene rings is 2. The highest BCUT2D eigenvalue weighted by Gasteiger charge is 2.16. The molecule has 2 aromatic carbocycles. The number of fused-ring (bicyclic) bond motifs is 1. The first-order valence-corrected chi connectivity index (χ1v) is 9.27. The lowest BCUT2D eigenvalue weighted by Gasteiger charge is -2.08. The molecule has 0 aliphatic heterocycles. The summed E-state index contributed by atoms with van der Waals surface area (Å²) in [6.45, 7) is 0.618. The van der Waals surface area contributed by atoms with Gasteiger partial charge in [-0.15, -0.1) is 0 Å². The molecule has 24 heavy (non-hydrogen) atoms. The van der Waals surface area contributed by atoms with E-state index in [1.807, 2.05) is 24.3 Å². The van der Waals surface area contributed by atoms with Crippen LogP contribution in [0.2, 0.25) is 5.02 Å². The number of imidazole rings is 1. The van der Waals surface area contributed by atoms with Crippen LogP contribution < -0.4 is 10.4 Å². The van der Waals surface area contributed by atoms with Crippen LogP contribution >= 0.6 is 11.6 Å². The molecule has 0 unspecified atom stereocenters. The second-order valence-corrected chi connectivity index (χ2v) is 7.42. The third kappa shape index (κ3) is 3.38. The SMILES string of the molecule is O=c1[nH]c2ccccc2n1CCCNS(=O)(=O)c1ccccc1Cl. The van der Waals surface area contributed by atoms with Gasteiger partial charge >= 0.3 is 5.69 Å². The monoisotopic (exact) mass is 365 g/mol. The van der Waals surface area contributed by atoms with Crippen LogP contribution in [0.5, 0.6) is 0 Å². The number of rotatable bonds is 6. The normalized spacial score (nSPS) is 11.9. The van der Waals surface area contributed by atoms with Crippen LogP contribution in [0.4, 0.5) is 0 Å². The number of aryl methyl sites for hydroxylation is 1. The summed E-state index contributed by atoms with van der Waals surface area (Å²) in [5.41, 5.74) is 1.36. The number of aromatic nitrogens is 2. The first-order chi connectivity index (χ1) is 11.5. The van der Waals surface area contributed by atoms with Gasteiger partial charge in [0.2, 0.25) is 10.0 Å². The van der Waals surface area contributed by atoms with Crippen molar-refractivity contribution >= 4 is 32.7 Å². The van der Waals surface area contributed by atoms with Gasteiger partial charge in [-0.3, -0.25) is 4.57 Å². The van der Waals surface area contributed by atoms with Crippen LogP contribution in [0.3, 0.4) is 0 Å². The molecule has 1 aromatic heterocycles. The summed E-state index contributed by atoms with van der Waals surface area (Å²) < 4.78 is 28.6. The molecule has 0 amide bonds. The lowest BCUT2D eigenvalue weighted by atomic mass is 10.3. The zero-order valence-electron chi connectivity index (χ0n) is 12.7. The standard InChI is InChI=1S/C16H16ClN3O3S/c17-12-6-1-4-9-15(12)24(22,23)18-10-5-11-20-14-8-3-2-7-13(14)19-16(20)21/h1-4,6-9,18H,5,10-11H2,(H,19,21). The van der Waals surface area contributed by atoms with Crippen molar-refractivity contribution in [2.45, 2.75) is 17.9 Å². The molecule has 8 heteroatoms. The van der Waals surface area contributed by atoms with Gasteiger partial charge in [0.25, 0.3) is 0 Å². The molecule has 0 radical (unpaired) electrons. The van der Waals surface area contributed by atoms with E-state index in [2.05, 4.69) is 9.71 Å². The highest BCUT2D eigenvalue weighted by molar-refractivity contribution is 7.89. The number of nitrogens with one attached hydrogen (secondary N) is 2. The van der Waals surface area contributed by atoms with Gasteiger partial charge in [-0.25, -0.2) is 17.9 Å². The summed E-state index contributed by atoms with van der Waals surface area (Å²) in [4.78, 5) is 14.8. The van der Waals surface area contributed by atoms with E-state index in [4.69, 9.17) is 11.6 Å². The summed E-state index contributed by atoms with van der Waals surface area (Å²) in [6, 6.07) is 13.6. The van der Waals surface area contributed by atoms with Gasteiger partial charge in [0.1, 0.15) is 4.90 Å². The average molecular weight is 366 g/mol. The van der Waals surface area contributed by atoms with Crippen molar-refractivity contribution in [3.8, 4) is 0 Å². The van der Waals surface area contributed by atoms with Crippen molar-refractivity contribution in [1.82, 2.24) is 14.3 Å². The smallest absolute Gasteiger partial charge is 0.306 e. The van der Waals surface area contributed by atoms with Gasteiger partial charge in [-0.2, -0.15) is 0 Å². The first kappa shape index (κ1) is 16.8. The molecule has 0 aliphatic rings. The Labute approximate surface area is 144 Å². The maximum atomic E-state index is 12.2. The van der Waals surface area contributed by atoms with Gasteiger partial charge in [0, 0.05) is 13.1 Å². The van der Waals surface area contributed by atoms with Crippen molar-refractivity contribution in [3.63, 3.8) is 0 Å². The van der Waals surface area contributed by atoms with Crippen LogP contribution in [-0.2, 0) is 16.6 Å². The summed E-state index contributed by atoms with van der Waals surface area (Å²) in [7, 11) is -3.66. The van der Waals surface area contributed by atoms with E-state index >= 15 is 0 Å². The van der Waals surface area contributed by atoms with Crippen LogP contribution in [0.1, 0.15) is 6.42 Å². The van der Waals surface area contributed by atoms with Crippen LogP contribution in [-0.4, -0.2) is 24.5 Å². The quantitative estimate of drug-likeness (QED) is 0.658. The molecule has 1 heterocycles. The third-order valence-corrected chi connectivity index (χ3v) is 5.62. The fourth-order valence-corrected chi connectivity index (χ4v) is 4.10. The minimum absolute atomic E-state index is 0.0518. The van der Waals surface area contributed by atoms with E-state index in [0.717, 1.165) is 11.0 Å². The predicted octanol–water partition coefficient (Wildman–Crippen LogP) is 2.35. The van der Waals surface area contributed by atoms with E-state index in [9.17, 15) is 13.2 Å². The Hall–Kier alpha value is -2.09. The minimum Gasteiger partial charge on any atom is -0.306 e. The van der Waals surface area contributed by atoms with E-state index in [1.165, 1.54) is 12.1 Å². The summed E-state index contributed by atoms with van der Waals surface area (Å²) in [5, 5.41) is 0.179. The molecule has 3 rings (SSSR count). The average Bonchev–Trinajstić information content (AvgIpc) is 2.87. The molecule has 0 spiro atoms. The number of sulfonamides is 1.